The van der Waals surface area contributed by atoms with Crippen LogP contribution in [0.3, 0.4) is 0 Å². The van der Waals surface area contributed by atoms with Crippen LogP contribution in [0.1, 0.15) is 24.0 Å². The Kier molecular flexibility index (Phi) is 3.07. The van der Waals surface area contributed by atoms with Gasteiger partial charge in [0.25, 0.3) is 5.91 Å². The summed E-state index contributed by atoms with van der Waals surface area (Å²) in [5.41, 5.74) is 1.51. The number of likely N-dealkylation sites (N-methyl/N-ethyl adjacent to an activating group) is 1. The first kappa shape index (κ1) is 15.5. The van der Waals surface area contributed by atoms with Crippen LogP contribution in [0.2, 0.25) is 0 Å². The van der Waals surface area contributed by atoms with Gasteiger partial charge in [0, 0.05) is 29.3 Å². The molecule has 0 bridgehead atoms. The Balaban J connectivity index is 1.82. The number of carbonyl (C=O) groups is 2. The lowest BCUT2D eigenvalue weighted by atomic mass is 9.71. The van der Waals surface area contributed by atoms with Crippen molar-refractivity contribution >= 4 is 34.8 Å². The minimum Gasteiger partial charge on any atom is -0.426 e. The van der Waals surface area contributed by atoms with Crippen molar-refractivity contribution in [3.05, 3.63) is 59.7 Å². The molecule has 3 heterocycles. The number of para-hydroxylation sites is 2. The second kappa shape index (κ2) is 5.14. The summed E-state index contributed by atoms with van der Waals surface area (Å²) in [4.78, 5) is 28.4. The van der Waals surface area contributed by atoms with E-state index < -0.39 is 23.3 Å². The molecule has 2 aromatic rings. The third kappa shape index (κ3) is 1.67. The van der Waals surface area contributed by atoms with Gasteiger partial charge in [0.15, 0.2) is 5.54 Å². The first-order valence-electron chi connectivity index (χ1n) is 8.63. The molecule has 1 amide bonds. The number of rotatable bonds is 1. The van der Waals surface area contributed by atoms with E-state index in [1.807, 2.05) is 49.4 Å². The van der Waals surface area contributed by atoms with Crippen LogP contribution in [0.4, 0.5) is 5.69 Å². The second-order valence-electron chi connectivity index (χ2n) is 6.78. The number of nitrogens with one attached hydrogen (secondary N) is 1. The van der Waals surface area contributed by atoms with Gasteiger partial charge in [0.1, 0.15) is 11.7 Å². The Labute approximate surface area is 155 Å². The fourth-order valence-corrected chi connectivity index (χ4v) is 5.02. The molecular formula is C20H16N2O3S. The van der Waals surface area contributed by atoms with Crippen LogP contribution >= 0.6 is 12.2 Å². The van der Waals surface area contributed by atoms with E-state index in [-0.39, 0.29) is 5.91 Å². The van der Waals surface area contributed by atoms with E-state index in [2.05, 4.69) is 5.32 Å². The quantitative estimate of drug-likeness (QED) is 0.479. The van der Waals surface area contributed by atoms with Gasteiger partial charge in [-0.25, -0.2) is 0 Å². The largest absolute Gasteiger partial charge is 0.426 e. The van der Waals surface area contributed by atoms with E-state index in [1.165, 1.54) is 0 Å². The summed E-state index contributed by atoms with van der Waals surface area (Å²) in [6, 6.07) is 15.1. The number of carbonyl (C=O) groups excluding carboxylic acids is 2. The average Bonchev–Trinajstić information content (AvgIpc) is 3.09. The molecule has 3 aliphatic rings. The SMILES string of the molecule is CCN1C(=O)[C@]2(NC(=S)[C@H]3C(=O)Oc4ccccc4[C@H]32)c2ccccc21. The fourth-order valence-electron chi connectivity index (χ4n) is 4.62. The Hall–Kier alpha value is -2.73. The topological polar surface area (TPSA) is 58.6 Å². The van der Waals surface area contributed by atoms with E-state index in [0.29, 0.717) is 17.3 Å². The third-order valence-corrected chi connectivity index (χ3v) is 6.00. The molecule has 0 unspecified atom stereocenters. The van der Waals surface area contributed by atoms with Crippen molar-refractivity contribution in [2.45, 2.75) is 18.4 Å². The molecule has 0 saturated carbocycles. The van der Waals surface area contributed by atoms with Crippen molar-refractivity contribution in [2.75, 3.05) is 11.4 Å². The van der Waals surface area contributed by atoms with E-state index in [9.17, 15) is 9.59 Å². The van der Waals surface area contributed by atoms with Crippen LogP contribution in [0.25, 0.3) is 0 Å². The molecular weight excluding hydrogens is 348 g/mol. The number of hydrogen-bond acceptors (Lipinski definition) is 4. The fraction of sp³-hybridized carbons (Fsp3) is 0.250. The van der Waals surface area contributed by atoms with Gasteiger partial charge in [0.05, 0.1) is 4.99 Å². The van der Waals surface area contributed by atoms with Gasteiger partial charge in [-0.3, -0.25) is 9.59 Å². The molecule has 0 aromatic heterocycles. The average molecular weight is 364 g/mol. The predicted octanol–water partition coefficient (Wildman–Crippen LogP) is 2.50. The van der Waals surface area contributed by atoms with Crippen molar-refractivity contribution in [2.24, 2.45) is 5.92 Å². The van der Waals surface area contributed by atoms with Crippen LogP contribution in [-0.2, 0) is 15.1 Å². The highest BCUT2D eigenvalue weighted by atomic mass is 32.1. The Morgan fingerprint density at radius 1 is 1.15 bits per heavy atom. The molecule has 1 N–H and O–H groups in total. The minimum atomic E-state index is -1.07. The minimum absolute atomic E-state index is 0.0689. The van der Waals surface area contributed by atoms with Gasteiger partial charge in [-0.1, -0.05) is 48.6 Å². The highest BCUT2D eigenvalue weighted by molar-refractivity contribution is 7.80. The normalized spacial score (nSPS) is 28.5. The summed E-state index contributed by atoms with van der Waals surface area (Å²) >= 11 is 5.51. The van der Waals surface area contributed by atoms with E-state index in [4.69, 9.17) is 17.0 Å². The maximum absolute atomic E-state index is 13.6. The van der Waals surface area contributed by atoms with Crippen LogP contribution in [0, 0.1) is 5.92 Å². The monoisotopic (exact) mass is 364 g/mol. The van der Waals surface area contributed by atoms with Crippen molar-refractivity contribution in [3.8, 4) is 5.75 Å². The number of amides is 1. The summed E-state index contributed by atoms with van der Waals surface area (Å²) in [6.45, 7) is 2.50. The second-order valence-corrected chi connectivity index (χ2v) is 7.22. The summed E-state index contributed by atoms with van der Waals surface area (Å²) < 4.78 is 5.50. The van der Waals surface area contributed by atoms with Gasteiger partial charge in [-0.05, 0) is 19.1 Å². The van der Waals surface area contributed by atoms with Gasteiger partial charge in [-0.2, -0.15) is 0 Å². The lowest BCUT2D eigenvalue weighted by molar-refractivity contribution is -0.139. The molecule has 0 aliphatic carbocycles. The molecule has 5 rings (SSSR count). The third-order valence-electron chi connectivity index (χ3n) is 5.64. The van der Waals surface area contributed by atoms with E-state index in [0.717, 1.165) is 16.8 Å². The van der Waals surface area contributed by atoms with Crippen molar-refractivity contribution in [1.82, 2.24) is 5.32 Å². The smallest absolute Gasteiger partial charge is 0.322 e. The summed E-state index contributed by atoms with van der Waals surface area (Å²) in [6.07, 6.45) is 0. The maximum Gasteiger partial charge on any atom is 0.322 e. The number of hydrogen-bond donors (Lipinski definition) is 1. The van der Waals surface area contributed by atoms with Gasteiger partial charge in [0.2, 0.25) is 0 Å². The molecule has 0 radical (unpaired) electrons. The molecule has 2 aromatic carbocycles. The lowest BCUT2D eigenvalue weighted by Gasteiger charge is -2.35. The molecule has 3 aliphatic heterocycles. The number of benzene rings is 2. The molecule has 1 saturated heterocycles. The standard InChI is InChI=1S/C20H16N2O3S/c1-2-22-13-9-5-4-8-12(13)20(19(22)24)16-11-7-3-6-10-14(11)25-18(23)15(16)17(26)21-20/h3-10,15-16H,2H2,1H3,(H,21,26)/t15-,16+,20-/m0/s1. The van der Waals surface area contributed by atoms with Gasteiger partial charge >= 0.3 is 5.97 Å². The maximum atomic E-state index is 13.6. The van der Waals surface area contributed by atoms with Crippen LogP contribution in [-0.4, -0.2) is 23.4 Å². The molecule has 1 spiro atoms. The first-order valence-corrected chi connectivity index (χ1v) is 9.04. The van der Waals surface area contributed by atoms with E-state index >= 15 is 0 Å². The Bertz CT molecular complexity index is 989. The predicted molar refractivity (Wildman–Crippen MR) is 100 cm³/mol. The number of esters is 1. The summed E-state index contributed by atoms with van der Waals surface area (Å²) in [5.74, 6) is -1.04. The Morgan fingerprint density at radius 3 is 2.69 bits per heavy atom. The highest BCUT2D eigenvalue weighted by Gasteiger charge is 2.66. The van der Waals surface area contributed by atoms with Crippen LogP contribution < -0.4 is 15.0 Å². The summed E-state index contributed by atoms with van der Waals surface area (Å²) in [5, 5.41) is 3.25. The zero-order chi connectivity index (χ0) is 18.1. The van der Waals surface area contributed by atoms with Gasteiger partial charge < -0.3 is 15.0 Å². The number of ether oxygens (including phenoxy) is 1. The van der Waals surface area contributed by atoms with Crippen molar-refractivity contribution in [1.29, 1.82) is 0 Å². The molecule has 130 valence electrons. The van der Waals surface area contributed by atoms with Crippen LogP contribution in [0.15, 0.2) is 48.5 Å². The van der Waals surface area contributed by atoms with Crippen molar-refractivity contribution < 1.29 is 14.3 Å². The molecule has 26 heavy (non-hydrogen) atoms. The molecule has 5 nitrogen and oxygen atoms in total. The van der Waals surface area contributed by atoms with Crippen molar-refractivity contribution in [3.63, 3.8) is 0 Å². The van der Waals surface area contributed by atoms with Crippen LogP contribution in [0.5, 0.6) is 5.75 Å². The zero-order valence-corrected chi connectivity index (χ0v) is 14.9. The van der Waals surface area contributed by atoms with Gasteiger partial charge in [-0.15, -0.1) is 0 Å². The number of nitrogens with zero attached hydrogens (tertiary/aromatic N) is 1. The number of anilines is 1. The number of fused-ring (bicyclic) bond motifs is 6. The molecule has 3 atom stereocenters. The Morgan fingerprint density at radius 2 is 1.88 bits per heavy atom. The molecule has 1 fully saturated rings. The lowest BCUT2D eigenvalue weighted by Crippen LogP contribution is -2.51. The molecule has 6 heteroatoms. The highest BCUT2D eigenvalue weighted by Crippen LogP contribution is 2.57. The first-order chi connectivity index (χ1) is 12.6. The zero-order valence-electron chi connectivity index (χ0n) is 14.1. The summed E-state index contributed by atoms with van der Waals surface area (Å²) in [7, 11) is 0. The van der Waals surface area contributed by atoms with E-state index in [1.54, 1.807) is 11.0 Å². The number of thiocarbonyl (C=S) groups is 1.